The highest BCUT2D eigenvalue weighted by atomic mass is 35.5. The van der Waals surface area contributed by atoms with Crippen LogP contribution < -0.4 is 4.90 Å². The molecule has 1 aromatic heterocycles. The number of fused-ring (bicyclic) bond motifs is 1. The molecule has 1 amide bonds. The van der Waals surface area contributed by atoms with Crippen LogP contribution in [0.15, 0.2) is 42.5 Å². The van der Waals surface area contributed by atoms with E-state index in [1.807, 2.05) is 37.4 Å². The molecular formula is C22H25ClN4O. The van der Waals surface area contributed by atoms with E-state index >= 15 is 0 Å². The molecule has 0 radical (unpaired) electrons. The quantitative estimate of drug-likeness (QED) is 0.689. The highest BCUT2D eigenvalue weighted by molar-refractivity contribution is 6.31. The number of rotatable bonds is 5. The minimum Gasteiger partial charge on any atom is -0.372 e. The lowest BCUT2D eigenvalue weighted by atomic mass is 10.1. The van der Waals surface area contributed by atoms with Crippen LogP contribution in [0.2, 0.25) is 5.02 Å². The Kier molecular flexibility index (Phi) is 5.53. The van der Waals surface area contributed by atoms with Crippen molar-refractivity contribution in [3.63, 3.8) is 0 Å². The molecule has 1 saturated heterocycles. The minimum absolute atomic E-state index is 0.0318. The van der Waals surface area contributed by atoms with Crippen molar-refractivity contribution in [2.45, 2.75) is 25.7 Å². The summed E-state index contributed by atoms with van der Waals surface area (Å²) >= 11 is 6.02. The number of carbonyl (C=O) groups is 1. The predicted molar refractivity (Wildman–Crippen MR) is 114 cm³/mol. The van der Waals surface area contributed by atoms with Gasteiger partial charge in [-0.15, -0.1) is 0 Å². The SMILES string of the molecule is CN(CCc1nc2ccc(Cl)cc2[nH]1)C(=O)c1ccc(N2CCCCC2)cc1. The van der Waals surface area contributed by atoms with Crippen LogP contribution in [0.5, 0.6) is 0 Å². The summed E-state index contributed by atoms with van der Waals surface area (Å²) in [4.78, 5) is 24.7. The predicted octanol–water partition coefficient (Wildman–Crippen LogP) is 4.52. The highest BCUT2D eigenvalue weighted by Gasteiger charge is 2.15. The van der Waals surface area contributed by atoms with E-state index in [4.69, 9.17) is 11.6 Å². The van der Waals surface area contributed by atoms with Crippen LogP contribution in [0.1, 0.15) is 35.4 Å². The van der Waals surface area contributed by atoms with Crippen molar-refractivity contribution in [3.05, 3.63) is 58.9 Å². The van der Waals surface area contributed by atoms with Crippen LogP contribution in [-0.4, -0.2) is 47.5 Å². The first-order valence-electron chi connectivity index (χ1n) is 9.85. The Hall–Kier alpha value is -2.53. The summed E-state index contributed by atoms with van der Waals surface area (Å²) in [6.07, 6.45) is 4.48. The molecule has 6 heteroatoms. The van der Waals surface area contributed by atoms with Crippen molar-refractivity contribution < 1.29 is 4.79 Å². The molecule has 5 nitrogen and oxygen atoms in total. The number of carbonyl (C=O) groups excluding carboxylic acids is 1. The van der Waals surface area contributed by atoms with Gasteiger partial charge in [-0.1, -0.05) is 11.6 Å². The van der Waals surface area contributed by atoms with Crippen molar-refractivity contribution in [1.29, 1.82) is 0 Å². The number of imidazole rings is 1. The Morgan fingerprint density at radius 1 is 1.14 bits per heavy atom. The van der Waals surface area contributed by atoms with E-state index in [1.165, 1.54) is 24.9 Å². The van der Waals surface area contributed by atoms with Crippen LogP contribution >= 0.6 is 11.6 Å². The largest absolute Gasteiger partial charge is 0.372 e. The van der Waals surface area contributed by atoms with Gasteiger partial charge < -0.3 is 14.8 Å². The fraction of sp³-hybridized carbons (Fsp3) is 0.364. The lowest BCUT2D eigenvalue weighted by Crippen LogP contribution is -2.30. The molecule has 0 unspecified atom stereocenters. The fourth-order valence-corrected chi connectivity index (χ4v) is 3.89. The third-order valence-electron chi connectivity index (χ3n) is 5.36. The summed E-state index contributed by atoms with van der Waals surface area (Å²) in [6.45, 7) is 2.81. The van der Waals surface area contributed by atoms with E-state index in [2.05, 4.69) is 27.0 Å². The second kappa shape index (κ2) is 8.23. The van der Waals surface area contributed by atoms with Gasteiger partial charge in [-0.05, 0) is 61.7 Å². The van der Waals surface area contributed by atoms with Crippen LogP contribution in [0.25, 0.3) is 11.0 Å². The second-order valence-corrected chi connectivity index (χ2v) is 7.85. The number of aromatic amines is 1. The number of amides is 1. The number of piperidine rings is 1. The van der Waals surface area contributed by atoms with E-state index in [0.717, 1.165) is 35.5 Å². The van der Waals surface area contributed by atoms with E-state index in [-0.39, 0.29) is 5.91 Å². The Balaban J connectivity index is 1.37. The van der Waals surface area contributed by atoms with Gasteiger partial charge in [0.05, 0.1) is 11.0 Å². The van der Waals surface area contributed by atoms with Gasteiger partial charge in [0.25, 0.3) is 5.91 Å². The zero-order valence-corrected chi connectivity index (χ0v) is 16.9. The maximum atomic E-state index is 12.7. The normalized spacial score (nSPS) is 14.4. The van der Waals surface area contributed by atoms with Gasteiger partial charge in [-0.25, -0.2) is 4.98 Å². The molecule has 2 heterocycles. The van der Waals surface area contributed by atoms with E-state index in [9.17, 15) is 4.79 Å². The van der Waals surface area contributed by atoms with E-state index in [1.54, 1.807) is 4.90 Å². The molecule has 0 spiro atoms. The summed E-state index contributed by atoms with van der Waals surface area (Å²) < 4.78 is 0. The first-order valence-corrected chi connectivity index (χ1v) is 10.2. The number of H-pyrrole nitrogens is 1. The zero-order valence-electron chi connectivity index (χ0n) is 16.1. The molecule has 0 aliphatic carbocycles. The molecule has 0 bridgehead atoms. The Bertz CT molecular complexity index is 960. The van der Waals surface area contributed by atoms with Crippen LogP contribution in [0.3, 0.4) is 0 Å². The van der Waals surface area contributed by atoms with Gasteiger partial charge in [-0.3, -0.25) is 4.79 Å². The summed E-state index contributed by atoms with van der Waals surface area (Å²) in [7, 11) is 1.83. The molecular weight excluding hydrogens is 372 g/mol. The molecule has 1 fully saturated rings. The summed E-state index contributed by atoms with van der Waals surface area (Å²) in [5, 5.41) is 0.683. The Morgan fingerprint density at radius 3 is 2.64 bits per heavy atom. The smallest absolute Gasteiger partial charge is 0.253 e. The second-order valence-electron chi connectivity index (χ2n) is 7.42. The molecule has 146 valence electrons. The third-order valence-corrected chi connectivity index (χ3v) is 5.59. The summed E-state index contributed by atoms with van der Waals surface area (Å²) in [6, 6.07) is 13.6. The number of anilines is 1. The van der Waals surface area contributed by atoms with Gasteiger partial charge in [0.1, 0.15) is 5.82 Å². The average molecular weight is 397 g/mol. The third kappa shape index (κ3) is 4.14. The first kappa shape index (κ1) is 18.8. The number of aromatic nitrogens is 2. The average Bonchev–Trinajstić information content (AvgIpc) is 3.14. The molecule has 4 rings (SSSR count). The summed E-state index contributed by atoms with van der Waals surface area (Å²) in [5.74, 6) is 0.890. The van der Waals surface area contributed by atoms with E-state index < -0.39 is 0 Å². The Labute approximate surface area is 170 Å². The molecule has 1 aliphatic heterocycles. The maximum absolute atomic E-state index is 12.7. The zero-order chi connectivity index (χ0) is 19.5. The highest BCUT2D eigenvalue weighted by Crippen LogP contribution is 2.21. The maximum Gasteiger partial charge on any atom is 0.253 e. The van der Waals surface area contributed by atoms with Gasteiger partial charge in [-0.2, -0.15) is 0 Å². The number of likely N-dealkylation sites (N-methyl/N-ethyl adjacent to an activating group) is 1. The van der Waals surface area contributed by atoms with E-state index in [0.29, 0.717) is 18.0 Å². The number of nitrogens with zero attached hydrogens (tertiary/aromatic N) is 3. The summed E-state index contributed by atoms with van der Waals surface area (Å²) in [5.41, 5.74) is 3.74. The molecule has 0 atom stereocenters. The topological polar surface area (TPSA) is 52.2 Å². The number of nitrogens with one attached hydrogen (secondary N) is 1. The number of hydrogen-bond acceptors (Lipinski definition) is 3. The fourth-order valence-electron chi connectivity index (χ4n) is 3.72. The molecule has 2 aromatic carbocycles. The Morgan fingerprint density at radius 2 is 1.89 bits per heavy atom. The van der Waals surface area contributed by atoms with Crippen molar-refractivity contribution >= 4 is 34.2 Å². The number of benzene rings is 2. The van der Waals surface area contributed by atoms with Crippen molar-refractivity contribution in [2.75, 3.05) is 31.6 Å². The molecule has 3 aromatic rings. The lowest BCUT2D eigenvalue weighted by molar-refractivity contribution is 0.0796. The molecule has 0 saturated carbocycles. The van der Waals surface area contributed by atoms with Crippen LogP contribution in [-0.2, 0) is 6.42 Å². The molecule has 1 aliphatic rings. The van der Waals surface area contributed by atoms with Crippen molar-refractivity contribution in [3.8, 4) is 0 Å². The monoisotopic (exact) mass is 396 g/mol. The van der Waals surface area contributed by atoms with Gasteiger partial charge in [0, 0.05) is 49.4 Å². The minimum atomic E-state index is 0.0318. The number of halogens is 1. The standard InChI is InChI=1S/C22H25ClN4O/c1-26(14-11-21-24-19-10-7-17(23)15-20(19)25-21)22(28)16-5-8-18(9-6-16)27-12-3-2-4-13-27/h5-10,15H,2-4,11-14H2,1H3,(H,24,25). The van der Waals surface area contributed by atoms with Gasteiger partial charge in [0.15, 0.2) is 0 Å². The lowest BCUT2D eigenvalue weighted by Gasteiger charge is -2.29. The van der Waals surface area contributed by atoms with Gasteiger partial charge in [0.2, 0.25) is 0 Å². The van der Waals surface area contributed by atoms with Crippen LogP contribution in [0, 0.1) is 0 Å². The van der Waals surface area contributed by atoms with Crippen molar-refractivity contribution in [1.82, 2.24) is 14.9 Å². The van der Waals surface area contributed by atoms with Gasteiger partial charge >= 0.3 is 0 Å². The number of hydrogen-bond donors (Lipinski definition) is 1. The van der Waals surface area contributed by atoms with Crippen LogP contribution in [0.4, 0.5) is 5.69 Å². The first-order chi connectivity index (χ1) is 13.6. The molecule has 1 N–H and O–H groups in total. The molecule has 28 heavy (non-hydrogen) atoms. The van der Waals surface area contributed by atoms with Crippen molar-refractivity contribution in [2.24, 2.45) is 0 Å².